The number of benzene rings is 2. The highest BCUT2D eigenvalue weighted by atomic mass is 16.5. The van der Waals surface area contributed by atoms with E-state index in [4.69, 9.17) is 4.74 Å². The first-order valence-electron chi connectivity index (χ1n) is 8.31. The molecule has 0 radical (unpaired) electrons. The average molecular weight is 338 g/mol. The molecule has 0 aliphatic carbocycles. The number of para-hydroxylation sites is 2. The second-order valence-electron chi connectivity index (χ2n) is 6.26. The Hall–Kier alpha value is -2.82. The van der Waals surface area contributed by atoms with Gasteiger partial charge in [0.05, 0.1) is 12.8 Å². The van der Waals surface area contributed by atoms with Crippen molar-refractivity contribution in [2.75, 3.05) is 31.6 Å². The minimum absolute atomic E-state index is 0.0737. The average Bonchev–Trinajstić information content (AvgIpc) is 2.63. The van der Waals surface area contributed by atoms with Gasteiger partial charge in [0.15, 0.2) is 0 Å². The number of piperazine rings is 1. The molecule has 1 aliphatic rings. The van der Waals surface area contributed by atoms with Crippen LogP contribution in [0.1, 0.15) is 21.5 Å². The first kappa shape index (κ1) is 17.0. The Morgan fingerprint density at radius 3 is 2.56 bits per heavy atom. The molecule has 2 aromatic carbocycles. The standard InChI is InChI=1S/C20H22N2O3/c1-14-8-9-15(2)16(12-14)20(24)21-10-11-22(19(23)13-21)17-6-4-5-7-18(17)25-3/h4-9,12H,10-11,13H2,1-3H3. The minimum atomic E-state index is -0.102. The van der Waals surface area contributed by atoms with Crippen LogP contribution in [0.25, 0.3) is 0 Å². The lowest BCUT2D eigenvalue weighted by molar-refractivity contribution is -0.120. The molecule has 5 nitrogen and oxygen atoms in total. The van der Waals surface area contributed by atoms with Gasteiger partial charge in [0.2, 0.25) is 5.91 Å². The van der Waals surface area contributed by atoms with Crippen LogP contribution in [-0.4, -0.2) is 43.5 Å². The summed E-state index contributed by atoms with van der Waals surface area (Å²) < 4.78 is 5.34. The Morgan fingerprint density at radius 2 is 1.84 bits per heavy atom. The van der Waals surface area contributed by atoms with Gasteiger partial charge in [-0.25, -0.2) is 0 Å². The molecular formula is C20H22N2O3. The third-order valence-corrected chi connectivity index (χ3v) is 4.51. The summed E-state index contributed by atoms with van der Waals surface area (Å²) in [5, 5.41) is 0. The van der Waals surface area contributed by atoms with E-state index >= 15 is 0 Å². The van der Waals surface area contributed by atoms with E-state index in [1.54, 1.807) is 16.9 Å². The van der Waals surface area contributed by atoms with Gasteiger partial charge < -0.3 is 14.5 Å². The molecule has 0 N–H and O–H groups in total. The van der Waals surface area contributed by atoms with Crippen LogP contribution in [0.5, 0.6) is 5.75 Å². The number of aryl methyl sites for hydroxylation is 2. The fraction of sp³-hybridized carbons (Fsp3) is 0.300. The van der Waals surface area contributed by atoms with Gasteiger partial charge in [-0.3, -0.25) is 9.59 Å². The number of hydrogen-bond acceptors (Lipinski definition) is 3. The first-order valence-corrected chi connectivity index (χ1v) is 8.31. The van der Waals surface area contributed by atoms with Crippen LogP contribution >= 0.6 is 0 Å². The van der Waals surface area contributed by atoms with E-state index in [0.29, 0.717) is 24.4 Å². The summed E-state index contributed by atoms with van der Waals surface area (Å²) in [7, 11) is 1.59. The van der Waals surface area contributed by atoms with Crippen molar-refractivity contribution in [1.29, 1.82) is 0 Å². The zero-order valence-corrected chi connectivity index (χ0v) is 14.8. The van der Waals surface area contributed by atoms with Crippen LogP contribution in [-0.2, 0) is 4.79 Å². The van der Waals surface area contributed by atoms with Gasteiger partial charge in [-0.2, -0.15) is 0 Å². The highest BCUT2D eigenvalue weighted by Gasteiger charge is 2.30. The van der Waals surface area contributed by atoms with Crippen LogP contribution in [0.15, 0.2) is 42.5 Å². The summed E-state index contributed by atoms with van der Waals surface area (Å²) in [6.07, 6.45) is 0. The number of carbonyl (C=O) groups excluding carboxylic acids is 2. The van der Waals surface area contributed by atoms with Crippen LogP contribution in [0.3, 0.4) is 0 Å². The van der Waals surface area contributed by atoms with E-state index in [1.807, 2.05) is 56.3 Å². The zero-order chi connectivity index (χ0) is 18.0. The molecule has 1 fully saturated rings. The molecule has 3 rings (SSSR count). The number of nitrogens with zero attached hydrogens (tertiary/aromatic N) is 2. The molecule has 1 aliphatic heterocycles. The van der Waals surface area contributed by atoms with Crippen molar-refractivity contribution < 1.29 is 14.3 Å². The molecule has 5 heteroatoms. The predicted molar refractivity (Wildman–Crippen MR) is 97.2 cm³/mol. The van der Waals surface area contributed by atoms with E-state index in [1.165, 1.54) is 0 Å². The van der Waals surface area contributed by atoms with E-state index in [2.05, 4.69) is 0 Å². The molecule has 1 heterocycles. The second-order valence-corrected chi connectivity index (χ2v) is 6.26. The third-order valence-electron chi connectivity index (χ3n) is 4.51. The molecule has 0 bridgehead atoms. The molecule has 0 saturated carbocycles. The number of hydrogen-bond donors (Lipinski definition) is 0. The Morgan fingerprint density at radius 1 is 1.08 bits per heavy atom. The van der Waals surface area contributed by atoms with Crippen molar-refractivity contribution in [3.63, 3.8) is 0 Å². The third kappa shape index (κ3) is 3.36. The molecule has 25 heavy (non-hydrogen) atoms. The molecule has 130 valence electrons. The predicted octanol–water partition coefficient (Wildman–Crippen LogP) is 2.80. The monoisotopic (exact) mass is 338 g/mol. The number of ether oxygens (including phenoxy) is 1. The molecule has 0 aromatic heterocycles. The van der Waals surface area contributed by atoms with Crippen LogP contribution in [0.4, 0.5) is 5.69 Å². The molecule has 0 atom stereocenters. The Kier molecular flexibility index (Phi) is 4.74. The zero-order valence-electron chi connectivity index (χ0n) is 14.8. The number of methoxy groups -OCH3 is 1. The molecular weight excluding hydrogens is 316 g/mol. The van der Waals surface area contributed by atoms with Crippen LogP contribution in [0, 0.1) is 13.8 Å². The minimum Gasteiger partial charge on any atom is -0.495 e. The largest absolute Gasteiger partial charge is 0.495 e. The second kappa shape index (κ2) is 6.97. The summed E-state index contributed by atoms with van der Waals surface area (Å²) >= 11 is 0. The molecule has 0 spiro atoms. The number of anilines is 1. The Labute approximate surface area is 147 Å². The number of amides is 2. The number of carbonyl (C=O) groups is 2. The van der Waals surface area contributed by atoms with Crippen molar-refractivity contribution in [1.82, 2.24) is 4.90 Å². The summed E-state index contributed by atoms with van der Waals surface area (Å²) in [5.74, 6) is 0.466. The highest BCUT2D eigenvalue weighted by Crippen LogP contribution is 2.29. The molecule has 0 unspecified atom stereocenters. The maximum Gasteiger partial charge on any atom is 0.254 e. The molecule has 2 amide bonds. The summed E-state index contributed by atoms with van der Waals surface area (Å²) in [6, 6.07) is 13.2. The van der Waals surface area contributed by atoms with Crippen LogP contribution in [0.2, 0.25) is 0 Å². The van der Waals surface area contributed by atoms with E-state index in [0.717, 1.165) is 16.8 Å². The quantitative estimate of drug-likeness (QED) is 0.865. The Balaban J connectivity index is 1.79. The van der Waals surface area contributed by atoms with Gasteiger partial charge in [0, 0.05) is 18.7 Å². The highest BCUT2D eigenvalue weighted by molar-refractivity contribution is 6.02. The normalized spacial score (nSPS) is 14.6. The fourth-order valence-electron chi connectivity index (χ4n) is 3.09. The van der Waals surface area contributed by atoms with Crippen molar-refractivity contribution in [2.24, 2.45) is 0 Å². The lowest BCUT2D eigenvalue weighted by Gasteiger charge is -2.35. The van der Waals surface area contributed by atoms with Crippen LogP contribution < -0.4 is 9.64 Å². The molecule has 2 aromatic rings. The van der Waals surface area contributed by atoms with Gasteiger partial charge in [-0.1, -0.05) is 29.8 Å². The van der Waals surface area contributed by atoms with Crippen molar-refractivity contribution in [3.05, 3.63) is 59.2 Å². The van der Waals surface area contributed by atoms with Gasteiger partial charge in [0.1, 0.15) is 12.3 Å². The van der Waals surface area contributed by atoms with Crippen molar-refractivity contribution in [2.45, 2.75) is 13.8 Å². The van der Waals surface area contributed by atoms with Crippen molar-refractivity contribution in [3.8, 4) is 5.75 Å². The van der Waals surface area contributed by atoms with Gasteiger partial charge in [-0.05, 0) is 37.6 Å². The molecule has 1 saturated heterocycles. The lowest BCUT2D eigenvalue weighted by atomic mass is 10.0. The number of rotatable bonds is 3. The van der Waals surface area contributed by atoms with Crippen molar-refractivity contribution >= 4 is 17.5 Å². The van der Waals surface area contributed by atoms with Gasteiger partial charge in [0.25, 0.3) is 5.91 Å². The lowest BCUT2D eigenvalue weighted by Crippen LogP contribution is -2.52. The fourth-order valence-corrected chi connectivity index (χ4v) is 3.09. The van der Waals surface area contributed by atoms with Gasteiger partial charge >= 0.3 is 0 Å². The van der Waals surface area contributed by atoms with E-state index < -0.39 is 0 Å². The summed E-state index contributed by atoms with van der Waals surface area (Å²) in [6.45, 7) is 4.90. The Bertz CT molecular complexity index is 816. The smallest absolute Gasteiger partial charge is 0.254 e. The SMILES string of the molecule is COc1ccccc1N1CCN(C(=O)c2cc(C)ccc2C)CC1=O. The van der Waals surface area contributed by atoms with Gasteiger partial charge in [-0.15, -0.1) is 0 Å². The summed E-state index contributed by atoms with van der Waals surface area (Å²) in [5.41, 5.74) is 3.37. The van der Waals surface area contributed by atoms with E-state index in [9.17, 15) is 9.59 Å². The maximum absolute atomic E-state index is 12.8. The topological polar surface area (TPSA) is 49.9 Å². The maximum atomic E-state index is 12.8. The van der Waals surface area contributed by atoms with E-state index in [-0.39, 0.29) is 18.4 Å². The first-order chi connectivity index (χ1) is 12.0. The summed E-state index contributed by atoms with van der Waals surface area (Å²) in [4.78, 5) is 28.8.